The van der Waals surface area contributed by atoms with Gasteiger partial charge in [-0.1, -0.05) is 11.8 Å². The highest BCUT2D eigenvalue weighted by molar-refractivity contribution is 5.73. The summed E-state index contributed by atoms with van der Waals surface area (Å²) in [6.45, 7) is 3.63. The Balaban J connectivity index is 2.64. The molecule has 1 heterocycles. The Morgan fingerprint density at radius 1 is 1.67 bits per heavy atom. The van der Waals surface area contributed by atoms with Crippen LogP contribution in [0.1, 0.15) is 18.2 Å². The standard InChI is InChI=1S/C11H13N3O/c1-8-11(12)6-10(7-14-8)4-3-5-13-9(2)15/h6-7H,5,12H2,1-2H3,(H,13,15). The summed E-state index contributed by atoms with van der Waals surface area (Å²) in [6.07, 6.45) is 1.66. The largest absolute Gasteiger partial charge is 0.397 e. The summed E-state index contributed by atoms with van der Waals surface area (Å²) in [7, 11) is 0. The zero-order valence-electron chi connectivity index (χ0n) is 8.79. The highest BCUT2D eigenvalue weighted by atomic mass is 16.1. The molecule has 1 amide bonds. The maximum absolute atomic E-state index is 10.5. The zero-order chi connectivity index (χ0) is 11.3. The number of aromatic nitrogens is 1. The second kappa shape index (κ2) is 5.01. The van der Waals surface area contributed by atoms with Gasteiger partial charge in [-0.25, -0.2) is 0 Å². The maximum atomic E-state index is 10.5. The third kappa shape index (κ3) is 3.69. The summed E-state index contributed by atoms with van der Waals surface area (Å²) in [5.74, 6) is 5.57. The molecule has 15 heavy (non-hydrogen) atoms. The van der Waals surface area contributed by atoms with Crippen molar-refractivity contribution in [2.24, 2.45) is 0 Å². The van der Waals surface area contributed by atoms with Crippen LogP contribution in [-0.2, 0) is 4.79 Å². The molecule has 78 valence electrons. The van der Waals surface area contributed by atoms with E-state index in [9.17, 15) is 4.79 Å². The van der Waals surface area contributed by atoms with Crippen LogP contribution in [0.25, 0.3) is 0 Å². The maximum Gasteiger partial charge on any atom is 0.217 e. The summed E-state index contributed by atoms with van der Waals surface area (Å²) in [4.78, 5) is 14.6. The molecule has 0 radical (unpaired) electrons. The van der Waals surface area contributed by atoms with Gasteiger partial charge >= 0.3 is 0 Å². The van der Waals surface area contributed by atoms with Gasteiger partial charge in [-0.15, -0.1) is 0 Å². The lowest BCUT2D eigenvalue weighted by atomic mass is 10.2. The molecule has 4 nitrogen and oxygen atoms in total. The lowest BCUT2D eigenvalue weighted by Gasteiger charge is -1.97. The molecule has 0 aromatic carbocycles. The molecule has 1 aromatic heterocycles. The van der Waals surface area contributed by atoms with Gasteiger partial charge in [0.15, 0.2) is 0 Å². The molecular formula is C11H13N3O. The van der Waals surface area contributed by atoms with E-state index in [-0.39, 0.29) is 5.91 Å². The number of nitrogens with one attached hydrogen (secondary N) is 1. The van der Waals surface area contributed by atoms with Crippen LogP contribution >= 0.6 is 0 Å². The van der Waals surface area contributed by atoms with Crippen LogP contribution in [0.5, 0.6) is 0 Å². The topological polar surface area (TPSA) is 68.0 Å². The average Bonchev–Trinajstić information content (AvgIpc) is 2.18. The molecule has 0 aliphatic heterocycles. The van der Waals surface area contributed by atoms with E-state index in [0.717, 1.165) is 11.3 Å². The predicted octanol–water partition coefficient (Wildman–Crippen LogP) is 0.460. The number of carbonyl (C=O) groups is 1. The normalized spacial score (nSPS) is 8.93. The second-order valence-corrected chi connectivity index (χ2v) is 3.11. The second-order valence-electron chi connectivity index (χ2n) is 3.11. The third-order valence-corrected chi connectivity index (χ3v) is 1.78. The van der Waals surface area contributed by atoms with Crippen molar-refractivity contribution in [1.29, 1.82) is 0 Å². The van der Waals surface area contributed by atoms with Crippen LogP contribution in [0.15, 0.2) is 12.3 Å². The number of anilines is 1. The highest BCUT2D eigenvalue weighted by Crippen LogP contribution is 2.07. The van der Waals surface area contributed by atoms with Crippen molar-refractivity contribution in [3.63, 3.8) is 0 Å². The Morgan fingerprint density at radius 3 is 3.00 bits per heavy atom. The summed E-state index contributed by atoms with van der Waals surface area (Å²) >= 11 is 0. The first-order valence-electron chi connectivity index (χ1n) is 4.55. The SMILES string of the molecule is CC(=O)NCC#Cc1cnc(C)c(N)c1. The van der Waals surface area contributed by atoms with Crippen molar-refractivity contribution in [3.05, 3.63) is 23.5 Å². The van der Waals surface area contributed by atoms with Crippen molar-refractivity contribution >= 4 is 11.6 Å². The van der Waals surface area contributed by atoms with Crippen molar-refractivity contribution in [1.82, 2.24) is 10.3 Å². The van der Waals surface area contributed by atoms with Crippen LogP contribution in [0, 0.1) is 18.8 Å². The molecule has 0 aliphatic carbocycles. The summed E-state index contributed by atoms with van der Waals surface area (Å²) in [5, 5.41) is 2.58. The minimum Gasteiger partial charge on any atom is -0.397 e. The number of hydrogen-bond acceptors (Lipinski definition) is 3. The molecule has 4 heteroatoms. The molecule has 1 rings (SSSR count). The molecule has 3 N–H and O–H groups in total. The number of nitrogens with two attached hydrogens (primary N) is 1. The van der Waals surface area contributed by atoms with Crippen molar-refractivity contribution in [3.8, 4) is 11.8 Å². The smallest absolute Gasteiger partial charge is 0.217 e. The molecule has 0 aliphatic rings. The fourth-order valence-electron chi connectivity index (χ4n) is 0.933. The number of nitrogens with zero attached hydrogens (tertiary/aromatic N) is 1. The zero-order valence-corrected chi connectivity index (χ0v) is 8.79. The Labute approximate surface area is 88.9 Å². The van der Waals surface area contributed by atoms with Gasteiger partial charge in [0.25, 0.3) is 0 Å². The third-order valence-electron chi connectivity index (χ3n) is 1.78. The Morgan fingerprint density at radius 2 is 2.40 bits per heavy atom. The number of hydrogen-bond donors (Lipinski definition) is 2. The molecule has 1 aromatic rings. The van der Waals surface area contributed by atoms with E-state index in [1.54, 1.807) is 12.3 Å². The summed E-state index contributed by atoms with van der Waals surface area (Å²) < 4.78 is 0. The quantitative estimate of drug-likeness (QED) is 0.651. The molecule has 0 unspecified atom stereocenters. The van der Waals surface area contributed by atoms with Crippen LogP contribution in [-0.4, -0.2) is 17.4 Å². The highest BCUT2D eigenvalue weighted by Gasteiger charge is 1.94. The van der Waals surface area contributed by atoms with Crippen molar-refractivity contribution in [2.45, 2.75) is 13.8 Å². The molecular weight excluding hydrogens is 190 g/mol. The average molecular weight is 203 g/mol. The van der Waals surface area contributed by atoms with E-state index in [2.05, 4.69) is 22.1 Å². The van der Waals surface area contributed by atoms with E-state index < -0.39 is 0 Å². The fraction of sp³-hybridized carbons (Fsp3) is 0.273. The lowest BCUT2D eigenvalue weighted by Crippen LogP contribution is -2.19. The van der Waals surface area contributed by atoms with Gasteiger partial charge < -0.3 is 11.1 Å². The van der Waals surface area contributed by atoms with Gasteiger partial charge in [-0.05, 0) is 13.0 Å². The van der Waals surface area contributed by atoms with E-state index >= 15 is 0 Å². The monoisotopic (exact) mass is 203 g/mol. The molecule has 0 fully saturated rings. The number of pyridine rings is 1. The van der Waals surface area contributed by atoms with Gasteiger partial charge in [0.2, 0.25) is 5.91 Å². The predicted molar refractivity (Wildman–Crippen MR) is 58.9 cm³/mol. The summed E-state index contributed by atoms with van der Waals surface area (Å²) in [6, 6.07) is 1.77. The van der Waals surface area contributed by atoms with E-state index in [1.165, 1.54) is 6.92 Å². The van der Waals surface area contributed by atoms with Crippen molar-refractivity contribution < 1.29 is 4.79 Å². The van der Waals surface area contributed by atoms with Gasteiger partial charge in [0.1, 0.15) is 0 Å². The van der Waals surface area contributed by atoms with Crippen LogP contribution in [0.2, 0.25) is 0 Å². The van der Waals surface area contributed by atoms with Crippen LogP contribution < -0.4 is 11.1 Å². The minimum atomic E-state index is -0.0918. The summed E-state index contributed by atoms with van der Waals surface area (Å²) in [5.41, 5.74) is 7.85. The Bertz CT molecular complexity index is 429. The fourth-order valence-corrected chi connectivity index (χ4v) is 0.933. The lowest BCUT2D eigenvalue weighted by molar-refractivity contribution is -0.118. The number of amides is 1. The molecule has 0 atom stereocenters. The number of carbonyl (C=O) groups excluding carboxylic acids is 1. The Kier molecular flexibility index (Phi) is 3.69. The van der Waals surface area contributed by atoms with Crippen LogP contribution in [0.4, 0.5) is 5.69 Å². The molecule has 0 bridgehead atoms. The van der Waals surface area contributed by atoms with E-state index in [1.807, 2.05) is 6.92 Å². The van der Waals surface area contributed by atoms with Crippen LogP contribution in [0.3, 0.4) is 0 Å². The number of nitrogen functional groups attached to an aromatic ring is 1. The first-order valence-corrected chi connectivity index (χ1v) is 4.55. The number of rotatable bonds is 1. The van der Waals surface area contributed by atoms with Gasteiger partial charge in [0.05, 0.1) is 17.9 Å². The Hall–Kier alpha value is -2.02. The number of aryl methyl sites for hydroxylation is 1. The molecule has 0 spiro atoms. The van der Waals surface area contributed by atoms with Crippen molar-refractivity contribution in [2.75, 3.05) is 12.3 Å². The van der Waals surface area contributed by atoms with Gasteiger partial charge in [0, 0.05) is 18.7 Å². The van der Waals surface area contributed by atoms with Gasteiger partial charge in [-0.2, -0.15) is 0 Å². The molecule has 0 saturated heterocycles. The van der Waals surface area contributed by atoms with E-state index in [4.69, 9.17) is 5.73 Å². The first-order chi connectivity index (χ1) is 7.09. The first kappa shape index (κ1) is 11.1. The van der Waals surface area contributed by atoms with Gasteiger partial charge in [-0.3, -0.25) is 9.78 Å². The minimum absolute atomic E-state index is 0.0918. The van der Waals surface area contributed by atoms with E-state index in [0.29, 0.717) is 12.2 Å². The molecule has 0 saturated carbocycles.